The number of rotatable bonds is 3. The summed E-state index contributed by atoms with van der Waals surface area (Å²) in [5, 5.41) is 6.25. The Hall–Kier alpha value is -2.41. The van der Waals surface area contributed by atoms with Crippen molar-refractivity contribution in [3.05, 3.63) is 35.7 Å². The molecule has 2 aromatic heterocycles. The lowest BCUT2D eigenvalue weighted by Gasteiger charge is -2.03. The molecule has 0 radical (unpaired) electrons. The molecule has 0 fully saturated rings. The van der Waals surface area contributed by atoms with Gasteiger partial charge in [0.25, 0.3) is 5.91 Å². The van der Waals surface area contributed by atoms with Crippen molar-refractivity contribution in [1.29, 1.82) is 0 Å². The van der Waals surface area contributed by atoms with Gasteiger partial charge in [-0.05, 0) is 19.1 Å². The third kappa shape index (κ3) is 2.58. The fourth-order valence-corrected chi connectivity index (χ4v) is 1.26. The van der Waals surface area contributed by atoms with E-state index in [4.69, 9.17) is 10.4 Å². The number of aryl methyl sites for hydroxylation is 1. The molecule has 4 N–H and O–H groups in total. The van der Waals surface area contributed by atoms with E-state index >= 15 is 0 Å². The summed E-state index contributed by atoms with van der Waals surface area (Å²) in [6, 6.07) is 4.73. The molecule has 88 valence electrons. The van der Waals surface area contributed by atoms with Crippen molar-refractivity contribution in [1.82, 2.24) is 10.1 Å². The number of amides is 1. The predicted molar refractivity (Wildman–Crippen MR) is 61.2 cm³/mol. The largest absolute Gasteiger partial charge is 0.360 e. The van der Waals surface area contributed by atoms with E-state index in [0.717, 1.165) is 0 Å². The van der Waals surface area contributed by atoms with Gasteiger partial charge in [0.1, 0.15) is 11.6 Å². The lowest BCUT2D eigenvalue weighted by molar-refractivity contribution is 0.102. The van der Waals surface area contributed by atoms with Gasteiger partial charge in [-0.1, -0.05) is 5.16 Å². The van der Waals surface area contributed by atoms with Gasteiger partial charge in [-0.2, -0.15) is 0 Å². The van der Waals surface area contributed by atoms with E-state index in [0.29, 0.717) is 23.0 Å². The van der Waals surface area contributed by atoms with Crippen LogP contribution in [0.25, 0.3) is 0 Å². The number of nitrogens with one attached hydrogen (secondary N) is 2. The van der Waals surface area contributed by atoms with Crippen LogP contribution in [-0.4, -0.2) is 16.0 Å². The minimum Gasteiger partial charge on any atom is -0.360 e. The second-order valence-corrected chi connectivity index (χ2v) is 3.35. The van der Waals surface area contributed by atoms with E-state index in [1.54, 1.807) is 19.1 Å². The molecule has 0 aliphatic heterocycles. The zero-order valence-electron chi connectivity index (χ0n) is 9.10. The van der Waals surface area contributed by atoms with Gasteiger partial charge in [0.2, 0.25) is 0 Å². The molecule has 2 heterocycles. The number of aromatic nitrogens is 2. The summed E-state index contributed by atoms with van der Waals surface area (Å²) >= 11 is 0. The normalized spacial score (nSPS) is 10.0. The quantitative estimate of drug-likeness (QED) is 0.537. The predicted octanol–water partition coefficient (Wildman–Crippen LogP) is 0.916. The van der Waals surface area contributed by atoms with E-state index in [1.807, 2.05) is 0 Å². The Kier molecular flexibility index (Phi) is 3.01. The smallest absolute Gasteiger partial charge is 0.257 e. The van der Waals surface area contributed by atoms with Crippen LogP contribution in [0.3, 0.4) is 0 Å². The van der Waals surface area contributed by atoms with Gasteiger partial charge in [0, 0.05) is 17.8 Å². The number of pyridine rings is 1. The zero-order valence-corrected chi connectivity index (χ0v) is 9.10. The van der Waals surface area contributed by atoms with Crippen LogP contribution in [0.5, 0.6) is 0 Å². The summed E-state index contributed by atoms with van der Waals surface area (Å²) < 4.78 is 4.84. The van der Waals surface area contributed by atoms with Gasteiger partial charge in [-0.3, -0.25) is 4.79 Å². The standard InChI is InChI=1S/C10H11N5O2/c1-6-4-9(15-17-6)13-10(16)7-2-3-12-8(5-7)14-11/h2-5H,11H2,1H3,(H,12,14)(H,13,15,16). The van der Waals surface area contributed by atoms with Crippen molar-refractivity contribution >= 4 is 17.5 Å². The number of anilines is 2. The molecule has 7 heteroatoms. The summed E-state index contributed by atoms with van der Waals surface area (Å²) in [6.07, 6.45) is 1.48. The third-order valence-corrected chi connectivity index (χ3v) is 2.04. The third-order valence-electron chi connectivity index (χ3n) is 2.04. The number of carbonyl (C=O) groups is 1. The molecule has 0 saturated heterocycles. The van der Waals surface area contributed by atoms with Gasteiger partial charge in [-0.15, -0.1) is 0 Å². The van der Waals surface area contributed by atoms with Crippen molar-refractivity contribution in [3.63, 3.8) is 0 Å². The Bertz CT molecular complexity index is 537. The van der Waals surface area contributed by atoms with Gasteiger partial charge in [0.15, 0.2) is 5.82 Å². The lowest BCUT2D eigenvalue weighted by atomic mass is 10.2. The minimum atomic E-state index is -0.308. The molecule has 0 atom stereocenters. The van der Waals surface area contributed by atoms with Crippen molar-refractivity contribution in [2.75, 3.05) is 10.7 Å². The van der Waals surface area contributed by atoms with Gasteiger partial charge in [-0.25, -0.2) is 10.8 Å². The van der Waals surface area contributed by atoms with Crippen LogP contribution in [0, 0.1) is 6.92 Å². The summed E-state index contributed by atoms with van der Waals surface area (Å²) in [5.74, 6) is 6.30. The second-order valence-electron chi connectivity index (χ2n) is 3.35. The minimum absolute atomic E-state index is 0.308. The lowest BCUT2D eigenvalue weighted by Crippen LogP contribution is -2.14. The maximum absolute atomic E-state index is 11.8. The van der Waals surface area contributed by atoms with Crippen molar-refractivity contribution < 1.29 is 9.32 Å². The highest BCUT2D eigenvalue weighted by molar-refractivity contribution is 6.04. The van der Waals surface area contributed by atoms with Crippen molar-refractivity contribution in [2.45, 2.75) is 6.92 Å². The summed E-state index contributed by atoms with van der Waals surface area (Å²) in [6.45, 7) is 1.74. The summed E-state index contributed by atoms with van der Waals surface area (Å²) in [5.41, 5.74) is 2.79. The summed E-state index contributed by atoms with van der Waals surface area (Å²) in [7, 11) is 0. The van der Waals surface area contributed by atoms with Crippen LogP contribution in [0.1, 0.15) is 16.1 Å². The molecule has 0 aromatic carbocycles. The average Bonchev–Trinajstić information content (AvgIpc) is 2.75. The molecule has 0 aliphatic rings. The van der Waals surface area contributed by atoms with Crippen LogP contribution >= 0.6 is 0 Å². The first-order valence-corrected chi connectivity index (χ1v) is 4.86. The highest BCUT2D eigenvalue weighted by Crippen LogP contribution is 2.11. The SMILES string of the molecule is Cc1cc(NC(=O)c2ccnc(NN)c2)no1. The second kappa shape index (κ2) is 4.62. The highest BCUT2D eigenvalue weighted by atomic mass is 16.5. The number of nitrogen functional groups attached to an aromatic ring is 1. The van der Waals surface area contributed by atoms with E-state index < -0.39 is 0 Å². The fourth-order valence-electron chi connectivity index (χ4n) is 1.26. The molecule has 17 heavy (non-hydrogen) atoms. The first-order chi connectivity index (χ1) is 8.19. The molecule has 1 amide bonds. The number of nitrogens with two attached hydrogens (primary N) is 1. The van der Waals surface area contributed by atoms with Crippen LogP contribution in [0.15, 0.2) is 28.9 Å². The summed E-state index contributed by atoms with van der Waals surface area (Å²) in [4.78, 5) is 15.7. The number of hydrogen-bond donors (Lipinski definition) is 3. The zero-order chi connectivity index (χ0) is 12.3. The van der Waals surface area contributed by atoms with Gasteiger partial charge >= 0.3 is 0 Å². The Morgan fingerprint density at radius 3 is 2.88 bits per heavy atom. The Labute approximate surface area is 97.0 Å². The van der Waals surface area contributed by atoms with Crippen molar-refractivity contribution in [3.8, 4) is 0 Å². The van der Waals surface area contributed by atoms with Crippen LogP contribution in [0.4, 0.5) is 11.6 Å². The number of nitrogens with zero attached hydrogens (tertiary/aromatic N) is 2. The molecule has 0 bridgehead atoms. The maximum atomic E-state index is 11.8. The molecular weight excluding hydrogens is 222 g/mol. The van der Waals surface area contributed by atoms with Gasteiger partial charge < -0.3 is 15.3 Å². The topological polar surface area (TPSA) is 106 Å². The molecule has 7 nitrogen and oxygen atoms in total. The Balaban J connectivity index is 2.14. The molecule has 0 saturated carbocycles. The molecule has 0 unspecified atom stereocenters. The molecular formula is C10H11N5O2. The van der Waals surface area contributed by atoms with Crippen LogP contribution in [0.2, 0.25) is 0 Å². The van der Waals surface area contributed by atoms with Crippen molar-refractivity contribution in [2.24, 2.45) is 5.84 Å². The number of hydrazine groups is 1. The first-order valence-electron chi connectivity index (χ1n) is 4.86. The number of carbonyl (C=O) groups excluding carboxylic acids is 1. The molecule has 0 aliphatic carbocycles. The Morgan fingerprint density at radius 2 is 2.24 bits per heavy atom. The molecule has 0 spiro atoms. The van der Waals surface area contributed by atoms with Crippen LogP contribution in [-0.2, 0) is 0 Å². The number of hydrogen-bond acceptors (Lipinski definition) is 6. The van der Waals surface area contributed by atoms with E-state index in [-0.39, 0.29) is 5.91 Å². The Morgan fingerprint density at radius 1 is 1.41 bits per heavy atom. The maximum Gasteiger partial charge on any atom is 0.257 e. The van der Waals surface area contributed by atoms with E-state index in [9.17, 15) is 4.79 Å². The molecule has 2 aromatic rings. The van der Waals surface area contributed by atoms with Crippen LogP contribution < -0.4 is 16.6 Å². The fraction of sp³-hybridized carbons (Fsp3) is 0.100. The average molecular weight is 233 g/mol. The van der Waals surface area contributed by atoms with E-state index in [1.165, 1.54) is 12.3 Å². The van der Waals surface area contributed by atoms with Gasteiger partial charge in [0.05, 0.1) is 0 Å². The first kappa shape index (κ1) is 11.1. The monoisotopic (exact) mass is 233 g/mol. The highest BCUT2D eigenvalue weighted by Gasteiger charge is 2.09. The molecule has 2 rings (SSSR count). The van der Waals surface area contributed by atoms with E-state index in [2.05, 4.69) is 20.9 Å².